The van der Waals surface area contributed by atoms with Crippen LogP contribution in [0.4, 0.5) is 24.5 Å². The lowest BCUT2D eigenvalue weighted by Gasteiger charge is -2.34. The van der Waals surface area contributed by atoms with Gasteiger partial charge >= 0.3 is 0 Å². The van der Waals surface area contributed by atoms with E-state index in [1.54, 1.807) is 18.3 Å². The summed E-state index contributed by atoms with van der Waals surface area (Å²) in [7, 11) is 0. The first kappa shape index (κ1) is 20.5. The molecule has 1 aliphatic heterocycles. The van der Waals surface area contributed by atoms with E-state index in [2.05, 4.69) is 20.2 Å². The molecule has 0 atom stereocenters. The van der Waals surface area contributed by atoms with E-state index < -0.39 is 17.3 Å². The van der Waals surface area contributed by atoms with E-state index in [1.807, 2.05) is 17.0 Å². The Hall–Kier alpha value is -4.08. The van der Waals surface area contributed by atoms with Gasteiger partial charge in [-0.1, -0.05) is 6.07 Å². The van der Waals surface area contributed by atoms with Gasteiger partial charge in [-0.2, -0.15) is 5.10 Å². The predicted octanol–water partition coefficient (Wildman–Crippen LogP) is 4.58. The monoisotopic (exact) mass is 464 g/mol. The molecule has 172 valence electrons. The van der Waals surface area contributed by atoms with Crippen molar-refractivity contribution in [3.8, 4) is 11.1 Å². The Bertz CT molecular complexity index is 1650. The van der Waals surface area contributed by atoms with Crippen molar-refractivity contribution in [1.29, 1.82) is 0 Å². The quantitative estimate of drug-likeness (QED) is 0.332. The molecule has 4 heterocycles. The van der Waals surface area contributed by atoms with Crippen LogP contribution in [0.3, 0.4) is 0 Å². The van der Waals surface area contributed by atoms with Crippen molar-refractivity contribution in [3.63, 3.8) is 0 Å². The minimum Gasteiger partial charge on any atom is -0.394 e. The number of hydrogen-bond acceptors (Lipinski definition) is 5. The second kappa shape index (κ2) is 7.21. The Morgan fingerprint density at radius 1 is 1.06 bits per heavy atom. The Kier molecular flexibility index (Phi) is 4.35. The molecule has 0 saturated carbocycles. The number of piperidine rings is 1. The molecule has 5 aromatic rings. The Morgan fingerprint density at radius 3 is 2.65 bits per heavy atom. The number of halogens is 3. The topological polar surface area (TPSA) is 104 Å². The molecule has 1 aliphatic rings. The van der Waals surface area contributed by atoms with Gasteiger partial charge in [0.2, 0.25) is 0 Å². The van der Waals surface area contributed by atoms with Crippen LogP contribution in [0.25, 0.3) is 43.8 Å². The fourth-order valence-corrected chi connectivity index (χ4v) is 4.83. The number of nitrogen functional groups attached to an aromatic ring is 1. The molecule has 34 heavy (non-hydrogen) atoms. The summed E-state index contributed by atoms with van der Waals surface area (Å²) in [5.74, 6) is -3.17. The van der Waals surface area contributed by atoms with Crippen LogP contribution < -0.4 is 16.2 Å². The van der Waals surface area contributed by atoms with Crippen LogP contribution in [0.1, 0.15) is 12.8 Å². The zero-order valence-corrected chi connectivity index (χ0v) is 17.8. The van der Waals surface area contributed by atoms with Gasteiger partial charge in [0.05, 0.1) is 22.9 Å². The average molecular weight is 464 g/mol. The molecule has 1 saturated heterocycles. The summed E-state index contributed by atoms with van der Waals surface area (Å²) in [6, 6.07) is 8.24. The first-order chi connectivity index (χ1) is 16.3. The summed E-state index contributed by atoms with van der Waals surface area (Å²) in [4.78, 5) is 22.1. The van der Waals surface area contributed by atoms with E-state index in [9.17, 15) is 18.0 Å². The zero-order chi connectivity index (χ0) is 23.6. The number of nitrogens with zero attached hydrogens (tertiary/aromatic N) is 3. The minimum atomic E-state index is -2.70. The van der Waals surface area contributed by atoms with Gasteiger partial charge in [0.25, 0.3) is 11.5 Å². The van der Waals surface area contributed by atoms with Crippen molar-refractivity contribution >= 4 is 44.1 Å². The fraction of sp³-hybridized carbons (Fsp3) is 0.208. The van der Waals surface area contributed by atoms with Crippen molar-refractivity contribution in [3.05, 3.63) is 58.9 Å². The van der Waals surface area contributed by atoms with Gasteiger partial charge in [-0.15, -0.1) is 0 Å². The smallest absolute Gasteiger partial charge is 0.272 e. The highest BCUT2D eigenvalue weighted by Gasteiger charge is 2.35. The number of aromatic amines is 2. The maximum absolute atomic E-state index is 14.3. The average Bonchev–Trinajstić information content (AvgIpc) is 3.32. The Morgan fingerprint density at radius 2 is 1.85 bits per heavy atom. The molecule has 0 spiro atoms. The third-order valence-electron chi connectivity index (χ3n) is 6.56. The van der Waals surface area contributed by atoms with Crippen molar-refractivity contribution in [2.45, 2.75) is 18.8 Å². The van der Waals surface area contributed by atoms with Gasteiger partial charge in [-0.05, 0) is 29.8 Å². The molecule has 7 nitrogen and oxygen atoms in total. The third-order valence-corrected chi connectivity index (χ3v) is 6.56. The molecule has 3 aromatic heterocycles. The maximum atomic E-state index is 14.3. The standard InChI is InChI=1S/C24H19F3N6O/c25-16-4-3-12(15-11-30-32-21(15)16)18-14-10-17(33-8-5-24(26,27)6-9-33)22-13(2-1-7-29-22)20(14)31-23(34)19(18)28/h1-4,7,10-11H,5-6,8-9,28H2,(H,30,32)(H,31,34). The summed E-state index contributed by atoms with van der Waals surface area (Å²) in [6.45, 7) is 0.335. The van der Waals surface area contributed by atoms with Crippen molar-refractivity contribution in [2.24, 2.45) is 0 Å². The molecule has 1 fully saturated rings. The second-order valence-electron chi connectivity index (χ2n) is 8.56. The van der Waals surface area contributed by atoms with Crippen molar-refractivity contribution in [2.75, 3.05) is 23.7 Å². The lowest BCUT2D eigenvalue weighted by Crippen LogP contribution is -2.39. The zero-order valence-electron chi connectivity index (χ0n) is 17.8. The number of pyridine rings is 2. The SMILES string of the molecule is Nc1c(-c2ccc(F)c3[nH]ncc23)c2cc(N3CCC(F)(F)CC3)c3ncccc3c2[nH]c1=O. The number of H-pyrrole nitrogens is 2. The Labute approximate surface area is 190 Å². The summed E-state index contributed by atoms with van der Waals surface area (Å²) in [5, 5.41) is 8.34. The van der Waals surface area contributed by atoms with Crippen LogP contribution in [0.5, 0.6) is 0 Å². The molecule has 0 radical (unpaired) electrons. The lowest BCUT2D eigenvalue weighted by atomic mass is 9.94. The van der Waals surface area contributed by atoms with Crippen LogP contribution in [0.2, 0.25) is 0 Å². The Balaban J connectivity index is 1.70. The summed E-state index contributed by atoms with van der Waals surface area (Å²) < 4.78 is 42.1. The van der Waals surface area contributed by atoms with E-state index in [0.717, 1.165) is 0 Å². The van der Waals surface area contributed by atoms with Gasteiger partial charge in [0.15, 0.2) is 0 Å². The van der Waals surface area contributed by atoms with Gasteiger partial charge in [-0.25, -0.2) is 13.2 Å². The van der Waals surface area contributed by atoms with Crippen LogP contribution in [0.15, 0.2) is 47.5 Å². The molecule has 4 N–H and O–H groups in total. The van der Waals surface area contributed by atoms with E-state index in [-0.39, 0.29) is 37.1 Å². The number of hydrogen-bond donors (Lipinski definition) is 3. The lowest BCUT2D eigenvalue weighted by molar-refractivity contribution is -0.0220. The number of anilines is 2. The molecule has 0 amide bonds. The van der Waals surface area contributed by atoms with Gasteiger partial charge in [0.1, 0.15) is 17.0 Å². The predicted molar refractivity (Wildman–Crippen MR) is 126 cm³/mol. The van der Waals surface area contributed by atoms with E-state index in [1.165, 1.54) is 12.3 Å². The number of fused-ring (bicyclic) bond motifs is 4. The molecule has 10 heteroatoms. The van der Waals surface area contributed by atoms with Crippen LogP contribution in [-0.4, -0.2) is 39.2 Å². The molecule has 0 bridgehead atoms. The summed E-state index contributed by atoms with van der Waals surface area (Å²) >= 11 is 0. The van der Waals surface area contributed by atoms with Gasteiger partial charge in [-0.3, -0.25) is 14.9 Å². The third kappa shape index (κ3) is 3.01. The fourth-order valence-electron chi connectivity index (χ4n) is 4.83. The summed E-state index contributed by atoms with van der Waals surface area (Å²) in [5.41, 5.74) is 8.74. The van der Waals surface area contributed by atoms with Gasteiger partial charge in [0, 0.05) is 53.9 Å². The number of nitrogens with two attached hydrogens (primary N) is 1. The van der Waals surface area contributed by atoms with E-state index >= 15 is 0 Å². The summed E-state index contributed by atoms with van der Waals surface area (Å²) in [6.07, 6.45) is 2.60. The first-order valence-corrected chi connectivity index (χ1v) is 10.8. The molecular weight excluding hydrogens is 445 g/mol. The largest absolute Gasteiger partial charge is 0.394 e. The molecule has 2 aromatic carbocycles. The van der Waals surface area contributed by atoms with E-state index in [4.69, 9.17) is 5.73 Å². The number of benzene rings is 2. The van der Waals surface area contributed by atoms with Crippen molar-refractivity contribution in [1.82, 2.24) is 20.2 Å². The second-order valence-corrected chi connectivity index (χ2v) is 8.56. The van der Waals surface area contributed by atoms with Crippen LogP contribution in [0, 0.1) is 5.82 Å². The number of nitrogens with one attached hydrogen (secondary N) is 2. The minimum absolute atomic E-state index is 0.0269. The molecule has 0 aliphatic carbocycles. The molecule has 0 unspecified atom stereocenters. The highest BCUT2D eigenvalue weighted by atomic mass is 19.3. The van der Waals surface area contributed by atoms with Crippen LogP contribution >= 0.6 is 0 Å². The van der Waals surface area contributed by atoms with Crippen molar-refractivity contribution < 1.29 is 13.2 Å². The van der Waals surface area contributed by atoms with Crippen LogP contribution in [-0.2, 0) is 0 Å². The number of rotatable bonds is 2. The number of aromatic nitrogens is 4. The number of alkyl halides is 2. The first-order valence-electron chi connectivity index (χ1n) is 10.8. The molecular formula is C24H19F3N6O. The van der Waals surface area contributed by atoms with Gasteiger partial charge < -0.3 is 15.6 Å². The highest BCUT2D eigenvalue weighted by molar-refractivity contribution is 6.17. The maximum Gasteiger partial charge on any atom is 0.272 e. The molecule has 6 rings (SSSR count). The highest BCUT2D eigenvalue weighted by Crippen LogP contribution is 2.42. The van der Waals surface area contributed by atoms with E-state index in [0.29, 0.717) is 44.0 Å². The normalized spacial score (nSPS) is 16.0.